The van der Waals surface area contributed by atoms with Gasteiger partial charge in [-0.2, -0.15) is 0 Å². The van der Waals surface area contributed by atoms with E-state index >= 15 is 0 Å². The standard InChI is InChI=1S/C15H29N/c1-14(2,3)11-9-10-16-12(11)7-8-13(16)15(4,5)6/h11-13H,7-10H2,1-6H3. The molecule has 0 aromatic rings. The topological polar surface area (TPSA) is 3.24 Å². The number of fused-ring (bicyclic) bond motifs is 1. The molecule has 0 N–H and O–H groups in total. The molecule has 2 aliphatic rings. The summed E-state index contributed by atoms with van der Waals surface area (Å²) in [6.45, 7) is 15.8. The highest BCUT2D eigenvalue weighted by Crippen LogP contribution is 2.48. The SMILES string of the molecule is CC(C)(C)C1CCN2C1CCC2C(C)(C)C. The summed E-state index contributed by atoms with van der Waals surface area (Å²) in [5, 5.41) is 0. The Morgan fingerprint density at radius 2 is 1.44 bits per heavy atom. The van der Waals surface area contributed by atoms with Gasteiger partial charge in [0.2, 0.25) is 0 Å². The molecule has 0 spiro atoms. The first kappa shape index (κ1) is 12.4. The van der Waals surface area contributed by atoms with E-state index in [-0.39, 0.29) is 0 Å². The summed E-state index contributed by atoms with van der Waals surface area (Å²) in [6.07, 6.45) is 4.27. The maximum Gasteiger partial charge on any atom is 0.0147 e. The molecule has 3 unspecified atom stereocenters. The van der Waals surface area contributed by atoms with Crippen molar-refractivity contribution in [3.63, 3.8) is 0 Å². The van der Waals surface area contributed by atoms with Crippen LogP contribution in [0.1, 0.15) is 60.8 Å². The number of hydrogen-bond acceptors (Lipinski definition) is 1. The van der Waals surface area contributed by atoms with Crippen LogP contribution >= 0.6 is 0 Å². The zero-order chi connectivity index (χ0) is 12.1. The molecule has 16 heavy (non-hydrogen) atoms. The largest absolute Gasteiger partial charge is 0.297 e. The Morgan fingerprint density at radius 3 is 1.94 bits per heavy atom. The molecule has 0 aromatic carbocycles. The van der Waals surface area contributed by atoms with Gasteiger partial charge in [0.25, 0.3) is 0 Å². The first-order valence-electron chi connectivity index (χ1n) is 6.97. The van der Waals surface area contributed by atoms with Crippen molar-refractivity contribution in [2.45, 2.75) is 72.9 Å². The highest BCUT2D eigenvalue weighted by atomic mass is 15.2. The van der Waals surface area contributed by atoms with Crippen LogP contribution in [0.4, 0.5) is 0 Å². The molecule has 0 bridgehead atoms. The summed E-state index contributed by atoms with van der Waals surface area (Å²) in [5.41, 5.74) is 0.952. The molecule has 0 radical (unpaired) electrons. The van der Waals surface area contributed by atoms with Crippen molar-refractivity contribution in [1.82, 2.24) is 4.90 Å². The third-order valence-corrected chi connectivity index (χ3v) is 4.84. The van der Waals surface area contributed by atoms with E-state index in [1.54, 1.807) is 0 Å². The average Bonchev–Trinajstić information content (AvgIpc) is 2.54. The highest BCUT2D eigenvalue weighted by molar-refractivity contribution is 5.02. The molecule has 94 valence electrons. The molecule has 0 amide bonds. The van der Waals surface area contributed by atoms with Gasteiger partial charge in [0.05, 0.1) is 0 Å². The lowest BCUT2D eigenvalue weighted by Gasteiger charge is -2.37. The zero-order valence-corrected chi connectivity index (χ0v) is 12.0. The molecule has 1 nitrogen and oxygen atoms in total. The van der Waals surface area contributed by atoms with Crippen molar-refractivity contribution in [3.8, 4) is 0 Å². The molecular weight excluding hydrogens is 194 g/mol. The Kier molecular flexibility index (Phi) is 2.89. The van der Waals surface area contributed by atoms with Crippen LogP contribution < -0.4 is 0 Å². The van der Waals surface area contributed by atoms with Crippen LogP contribution in [0.5, 0.6) is 0 Å². The van der Waals surface area contributed by atoms with Crippen molar-refractivity contribution in [2.24, 2.45) is 16.7 Å². The average molecular weight is 223 g/mol. The number of hydrogen-bond donors (Lipinski definition) is 0. The minimum absolute atomic E-state index is 0.460. The normalized spacial score (nSPS) is 36.8. The lowest BCUT2D eigenvalue weighted by atomic mass is 9.75. The van der Waals surface area contributed by atoms with Crippen LogP contribution in [0.15, 0.2) is 0 Å². The van der Waals surface area contributed by atoms with E-state index in [2.05, 4.69) is 46.4 Å². The predicted octanol–water partition coefficient (Wildman–Crippen LogP) is 3.93. The van der Waals surface area contributed by atoms with Crippen LogP contribution in [0.25, 0.3) is 0 Å². The zero-order valence-electron chi connectivity index (χ0n) is 12.0. The fourth-order valence-electron chi connectivity index (χ4n) is 4.07. The third-order valence-electron chi connectivity index (χ3n) is 4.84. The molecule has 0 aromatic heterocycles. The molecule has 2 rings (SSSR count). The Bertz CT molecular complexity index is 228. The number of rotatable bonds is 0. The number of nitrogens with zero attached hydrogens (tertiary/aromatic N) is 1. The van der Waals surface area contributed by atoms with E-state index in [1.807, 2.05) is 0 Å². The second-order valence-corrected chi connectivity index (χ2v) is 8.03. The van der Waals surface area contributed by atoms with Crippen LogP contribution in [-0.4, -0.2) is 23.5 Å². The van der Waals surface area contributed by atoms with Crippen molar-refractivity contribution in [3.05, 3.63) is 0 Å². The van der Waals surface area contributed by atoms with Crippen LogP contribution in [-0.2, 0) is 0 Å². The molecule has 0 aliphatic carbocycles. The van der Waals surface area contributed by atoms with Crippen molar-refractivity contribution in [1.29, 1.82) is 0 Å². The van der Waals surface area contributed by atoms with Gasteiger partial charge in [-0.1, -0.05) is 41.5 Å². The van der Waals surface area contributed by atoms with E-state index in [0.717, 1.165) is 18.0 Å². The lowest BCUT2D eigenvalue weighted by molar-refractivity contribution is 0.112. The van der Waals surface area contributed by atoms with Crippen molar-refractivity contribution in [2.75, 3.05) is 6.54 Å². The third kappa shape index (κ3) is 2.03. The summed E-state index contributed by atoms with van der Waals surface area (Å²) in [4.78, 5) is 2.83. The summed E-state index contributed by atoms with van der Waals surface area (Å²) in [7, 11) is 0. The van der Waals surface area contributed by atoms with E-state index in [0.29, 0.717) is 10.8 Å². The molecule has 2 aliphatic heterocycles. The summed E-state index contributed by atoms with van der Waals surface area (Å²) in [5.74, 6) is 0.917. The maximum absolute atomic E-state index is 2.83. The monoisotopic (exact) mass is 223 g/mol. The van der Waals surface area contributed by atoms with Crippen molar-refractivity contribution >= 4 is 0 Å². The van der Waals surface area contributed by atoms with Gasteiger partial charge >= 0.3 is 0 Å². The predicted molar refractivity (Wildman–Crippen MR) is 70.5 cm³/mol. The van der Waals surface area contributed by atoms with Gasteiger partial charge in [-0.15, -0.1) is 0 Å². The van der Waals surface area contributed by atoms with E-state index < -0.39 is 0 Å². The van der Waals surface area contributed by atoms with E-state index in [1.165, 1.54) is 25.8 Å². The molecule has 2 fully saturated rings. The Balaban J connectivity index is 2.13. The minimum atomic E-state index is 0.460. The first-order chi connectivity index (χ1) is 7.21. The van der Waals surface area contributed by atoms with Gasteiger partial charge in [-0.05, 0) is 42.6 Å². The van der Waals surface area contributed by atoms with Crippen LogP contribution in [0, 0.1) is 16.7 Å². The van der Waals surface area contributed by atoms with Crippen molar-refractivity contribution < 1.29 is 0 Å². The summed E-state index contributed by atoms with van der Waals surface area (Å²) < 4.78 is 0. The van der Waals surface area contributed by atoms with Gasteiger partial charge in [0.15, 0.2) is 0 Å². The van der Waals surface area contributed by atoms with Gasteiger partial charge in [0, 0.05) is 12.1 Å². The first-order valence-corrected chi connectivity index (χ1v) is 6.97. The van der Waals surface area contributed by atoms with Gasteiger partial charge in [-0.25, -0.2) is 0 Å². The minimum Gasteiger partial charge on any atom is -0.297 e. The molecule has 2 heterocycles. The summed E-state index contributed by atoms with van der Waals surface area (Å²) >= 11 is 0. The fourth-order valence-corrected chi connectivity index (χ4v) is 4.07. The smallest absolute Gasteiger partial charge is 0.0147 e. The van der Waals surface area contributed by atoms with E-state index in [4.69, 9.17) is 0 Å². The quantitative estimate of drug-likeness (QED) is 0.601. The Hall–Kier alpha value is -0.0400. The lowest BCUT2D eigenvalue weighted by Crippen LogP contribution is -2.42. The fraction of sp³-hybridized carbons (Fsp3) is 1.00. The Labute approximate surface area is 102 Å². The highest BCUT2D eigenvalue weighted by Gasteiger charge is 2.49. The maximum atomic E-state index is 2.83. The molecule has 1 heteroatoms. The second kappa shape index (κ2) is 3.73. The summed E-state index contributed by atoms with van der Waals surface area (Å²) in [6, 6.07) is 1.70. The van der Waals surface area contributed by atoms with Crippen LogP contribution in [0.3, 0.4) is 0 Å². The Morgan fingerprint density at radius 1 is 0.812 bits per heavy atom. The van der Waals surface area contributed by atoms with Gasteiger partial charge in [0.1, 0.15) is 0 Å². The van der Waals surface area contributed by atoms with Gasteiger partial charge in [-0.3, -0.25) is 4.90 Å². The second-order valence-electron chi connectivity index (χ2n) is 8.03. The van der Waals surface area contributed by atoms with Crippen LogP contribution in [0.2, 0.25) is 0 Å². The van der Waals surface area contributed by atoms with E-state index in [9.17, 15) is 0 Å². The van der Waals surface area contributed by atoms with Gasteiger partial charge < -0.3 is 0 Å². The molecule has 2 saturated heterocycles. The molecule has 0 saturated carbocycles. The molecule has 3 atom stereocenters. The molecular formula is C15H29N.